The fourth-order valence-corrected chi connectivity index (χ4v) is 1.81. The van der Waals surface area contributed by atoms with Gasteiger partial charge in [-0.15, -0.1) is 0 Å². The van der Waals surface area contributed by atoms with Gasteiger partial charge in [-0.2, -0.15) is 0 Å². The van der Waals surface area contributed by atoms with Crippen LogP contribution in [0.4, 0.5) is 0 Å². The number of methoxy groups -OCH3 is 3. The molecular formula is C13H21NO5. The summed E-state index contributed by atoms with van der Waals surface area (Å²) in [6.45, 7) is 4.14. The number of aryl methyl sites for hydroxylation is 1. The molecule has 0 fully saturated rings. The zero-order chi connectivity index (χ0) is 14.4. The van der Waals surface area contributed by atoms with Gasteiger partial charge in [-0.25, -0.2) is 4.79 Å². The van der Waals surface area contributed by atoms with Crippen LogP contribution in [0.3, 0.4) is 0 Å². The van der Waals surface area contributed by atoms with E-state index >= 15 is 0 Å². The van der Waals surface area contributed by atoms with Crippen molar-refractivity contribution in [3.63, 3.8) is 0 Å². The van der Waals surface area contributed by atoms with Crippen molar-refractivity contribution in [2.75, 3.05) is 21.3 Å². The number of ether oxygens (including phenoxy) is 3. The van der Waals surface area contributed by atoms with Crippen molar-refractivity contribution in [3.05, 3.63) is 23.2 Å². The largest absolute Gasteiger partial charge is 0.465 e. The molecule has 0 saturated carbocycles. The lowest BCUT2D eigenvalue weighted by Gasteiger charge is -2.21. The zero-order valence-electron chi connectivity index (χ0n) is 12.0. The maximum Gasteiger partial charge on any atom is 0.341 e. The SMILES string of the molecule is COC(=O)c1cc(CNC(C)C(OC)OC)oc1C. The molecule has 19 heavy (non-hydrogen) atoms. The Balaban J connectivity index is 2.61. The summed E-state index contributed by atoms with van der Waals surface area (Å²) in [5.41, 5.74) is 0.446. The number of hydrogen-bond acceptors (Lipinski definition) is 6. The first-order valence-corrected chi connectivity index (χ1v) is 6.00. The van der Waals surface area contributed by atoms with Crippen molar-refractivity contribution in [2.24, 2.45) is 0 Å². The van der Waals surface area contributed by atoms with E-state index in [2.05, 4.69) is 10.1 Å². The number of hydrogen-bond donors (Lipinski definition) is 1. The molecule has 0 radical (unpaired) electrons. The Kier molecular flexibility index (Phi) is 6.01. The van der Waals surface area contributed by atoms with Crippen LogP contribution in [0.5, 0.6) is 0 Å². The van der Waals surface area contributed by atoms with E-state index in [1.54, 1.807) is 27.2 Å². The molecule has 0 aliphatic heterocycles. The Morgan fingerprint density at radius 3 is 2.53 bits per heavy atom. The number of furan rings is 1. The maximum absolute atomic E-state index is 11.4. The first-order valence-electron chi connectivity index (χ1n) is 6.00. The zero-order valence-corrected chi connectivity index (χ0v) is 12.0. The van der Waals surface area contributed by atoms with Crippen molar-refractivity contribution >= 4 is 5.97 Å². The lowest BCUT2D eigenvalue weighted by molar-refractivity contribution is -0.119. The molecule has 0 aliphatic rings. The molecule has 1 unspecified atom stereocenters. The molecule has 0 amide bonds. The molecule has 6 heteroatoms. The fourth-order valence-electron chi connectivity index (χ4n) is 1.81. The summed E-state index contributed by atoms with van der Waals surface area (Å²) in [7, 11) is 4.51. The first-order chi connectivity index (χ1) is 9.03. The smallest absolute Gasteiger partial charge is 0.341 e. The highest BCUT2D eigenvalue weighted by molar-refractivity contribution is 5.90. The van der Waals surface area contributed by atoms with Gasteiger partial charge in [-0.3, -0.25) is 0 Å². The van der Waals surface area contributed by atoms with Gasteiger partial charge in [-0.05, 0) is 19.9 Å². The Hall–Kier alpha value is -1.37. The topological polar surface area (TPSA) is 69.9 Å². The highest BCUT2D eigenvalue weighted by Gasteiger charge is 2.18. The van der Waals surface area contributed by atoms with Gasteiger partial charge >= 0.3 is 5.97 Å². The molecule has 0 saturated heterocycles. The molecule has 1 aromatic rings. The third-order valence-electron chi connectivity index (χ3n) is 2.85. The molecule has 1 N–H and O–H groups in total. The lowest BCUT2D eigenvalue weighted by Crippen LogP contribution is -2.39. The molecule has 0 aromatic carbocycles. The third kappa shape index (κ3) is 4.05. The molecule has 1 heterocycles. The van der Waals surface area contributed by atoms with Crippen LogP contribution in [0.1, 0.15) is 28.8 Å². The predicted octanol–water partition coefficient (Wildman–Crippen LogP) is 1.47. The van der Waals surface area contributed by atoms with E-state index in [4.69, 9.17) is 13.9 Å². The van der Waals surface area contributed by atoms with Gasteiger partial charge in [0.15, 0.2) is 6.29 Å². The van der Waals surface area contributed by atoms with E-state index in [-0.39, 0.29) is 12.3 Å². The van der Waals surface area contributed by atoms with E-state index in [1.807, 2.05) is 6.92 Å². The molecule has 108 valence electrons. The summed E-state index contributed by atoms with van der Waals surface area (Å²) in [6.07, 6.45) is -0.337. The van der Waals surface area contributed by atoms with Crippen molar-refractivity contribution in [3.8, 4) is 0 Å². The van der Waals surface area contributed by atoms with Gasteiger partial charge < -0.3 is 23.9 Å². The summed E-state index contributed by atoms with van der Waals surface area (Å²) in [5.74, 6) is 0.814. The van der Waals surface area contributed by atoms with E-state index in [9.17, 15) is 4.79 Å². The van der Waals surface area contributed by atoms with Gasteiger partial charge in [-0.1, -0.05) is 0 Å². The van der Waals surface area contributed by atoms with Crippen LogP contribution in [0, 0.1) is 6.92 Å². The Morgan fingerprint density at radius 2 is 2.00 bits per heavy atom. The van der Waals surface area contributed by atoms with Crippen LogP contribution in [-0.2, 0) is 20.8 Å². The summed E-state index contributed by atoms with van der Waals surface area (Å²) >= 11 is 0. The highest BCUT2D eigenvalue weighted by atomic mass is 16.7. The summed E-state index contributed by atoms with van der Waals surface area (Å²) < 4.78 is 20.4. The van der Waals surface area contributed by atoms with Gasteiger partial charge in [0, 0.05) is 14.2 Å². The van der Waals surface area contributed by atoms with Gasteiger partial charge in [0.2, 0.25) is 0 Å². The second kappa shape index (κ2) is 7.28. The third-order valence-corrected chi connectivity index (χ3v) is 2.85. The molecule has 1 rings (SSSR count). The number of carbonyl (C=O) groups is 1. The minimum Gasteiger partial charge on any atom is -0.465 e. The lowest BCUT2D eigenvalue weighted by atomic mass is 10.2. The normalized spacial score (nSPS) is 12.7. The summed E-state index contributed by atoms with van der Waals surface area (Å²) in [6, 6.07) is 1.66. The second-order valence-electron chi connectivity index (χ2n) is 4.18. The number of carbonyl (C=O) groups excluding carboxylic acids is 1. The minimum absolute atomic E-state index is 0.0121. The number of nitrogens with one attached hydrogen (secondary N) is 1. The average molecular weight is 271 g/mol. The fraction of sp³-hybridized carbons (Fsp3) is 0.615. The van der Waals surface area contributed by atoms with Gasteiger partial charge in [0.25, 0.3) is 0 Å². The summed E-state index contributed by atoms with van der Waals surface area (Å²) in [5, 5.41) is 3.20. The van der Waals surface area contributed by atoms with Crippen LogP contribution in [0.15, 0.2) is 10.5 Å². The molecular weight excluding hydrogens is 250 g/mol. The molecule has 0 bridgehead atoms. The number of esters is 1. The van der Waals surface area contributed by atoms with E-state index in [0.29, 0.717) is 23.6 Å². The monoisotopic (exact) mass is 271 g/mol. The summed E-state index contributed by atoms with van der Waals surface area (Å²) in [4.78, 5) is 11.4. The quantitative estimate of drug-likeness (QED) is 0.598. The van der Waals surface area contributed by atoms with E-state index < -0.39 is 5.97 Å². The second-order valence-corrected chi connectivity index (χ2v) is 4.18. The van der Waals surface area contributed by atoms with Crippen LogP contribution < -0.4 is 5.32 Å². The molecule has 6 nitrogen and oxygen atoms in total. The van der Waals surface area contributed by atoms with Crippen LogP contribution in [0.2, 0.25) is 0 Å². The van der Waals surface area contributed by atoms with Gasteiger partial charge in [0.05, 0.1) is 19.7 Å². The Morgan fingerprint density at radius 1 is 1.37 bits per heavy atom. The molecule has 0 aliphatic carbocycles. The number of rotatable bonds is 7. The molecule has 1 aromatic heterocycles. The van der Waals surface area contributed by atoms with Crippen LogP contribution >= 0.6 is 0 Å². The average Bonchev–Trinajstić information content (AvgIpc) is 2.78. The van der Waals surface area contributed by atoms with Crippen molar-refractivity contribution < 1.29 is 23.4 Å². The predicted molar refractivity (Wildman–Crippen MR) is 68.9 cm³/mol. The van der Waals surface area contributed by atoms with Crippen LogP contribution in [0.25, 0.3) is 0 Å². The Labute approximate surface area is 113 Å². The standard InChI is InChI=1S/C13H21NO5/c1-8(13(17-4)18-5)14-7-10-6-11(9(2)19-10)12(15)16-3/h6,8,13-14H,7H2,1-5H3. The van der Waals surface area contributed by atoms with Crippen LogP contribution in [-0.4, -0.2) is 39.6 Å². The van der Waals surface area contributed by atoms with E-state index in [1.165, 1.54) is 7.11 Å². The minimum atomic E-state index is -0.396. The molecule has 0 spiro atoms. The maximum atomic E-state index is 11.4. The van der Waals surface area contributed by atoms with E-state index in [0.717, 1.165) is 0 Å². The molecule has 1 atom stereocenters. The van der Waals surface area contributed by atoms with Crippen molar-refractivity contribution in [1.82, 2.24) is 5.32 Å². The first kappa shape index (κ1) is 15.7. The van der Waals surface area contributed by atoms with Gasteiger partial charge in [0.1, 0.15) is 17.1 Å². The highest BCUT2D eigenvalue weighted by Crippen LogP contribution is 2.15. The van der Waals surface area contributed by atoms with Crippen molar-refractivity contribution in [2.45, 2.75) is 32.7 Å². The van der Waals surface area contributed by atoms with Crippen molar-refractivity contribution in [1.29, 1.82) is 0 Å². The Bertz CT molecular complexity index is 411.